The molecule has 0 aromatic heterocycles. The van der Waals surface area contributed by atoms with Gasteiger partial charge in [0.25, 0.3) is 0 Å². The summed E-state index contributed by atoms with van der Waals surface area (Å²) in [7, 11) is 0. The maximum absolute atomic E-state index is 10.8. The molecule has 0 saturated carbocycles. The SMILES string of the molecule is CC(Nc1ccc(C(=O)O)cc1Br)C(C)(C)C. The van der Waals surface area contributed by atoms with E-state index >= 15 is 0 Å². The van der Waals surface area contributed by atoms with Gasteiger partial charge in [-0.25, -0.2) is 4.79 Å². The van der Waals surface area contributed by atoms with Gasteiger partial charge in [0.2, 0.25) is 0 Å². The Morgan fingerprint density at radius 1 is 1.41 bits per heavy atom. The van der Waals surface area contributed by atoms with Crippen LogP contribution in [0.15, 0.2) is 22.7 Å². The third-order valence-corrected chi connectivity index (χ3v) is 3.54. The highest BCUT2D eigenvalue weighted by atomic mass is 79.9. The van der Waals surface area contributed by atoms with Crippen LogP contribution in [0.1, 0.15) is 38.1 Å². The van der Waals surface area contributed by atoms with E-state index in [-0.39, 0.29) is 17.0 Å². The number of carboxylic acid groups (broad SMARTS) is 1. The summed E-state index contributed by atoms with van der Waals surface area (Å²) in [6.07, 6.45) is 0. The van der Waals surface area contributed by atoms with Gasteiger partial charge in [-0.05, 0) is 46.5 Å². The highest BCUT2D eigenvalue weighted by molar-refractivity contribution is 9.10. The van der Waals surface area contributed by atoms with E-state index in [2.05, 4.69) is 48.9 Å². The zero-order chi connectivity index (χ0) is 13.2. The molecule has 0 bridgehead atoms. The first-order valence-electron chi connectivity index (χ1n) is 5.51. The van der Waals surface area contributed by atoms with Crippen LogP contribution in [0, 0.1) is 5.41 Å². The summed E-state index contributed by atoms with van der Waals surface area (Å²) >= 11 is 3.38. The first-order valence-corrected chi connectivity index (χ1v) is 6.30. The van der Waals surface area contributed by atoms with Crippen molar-refractivity contribution in [1.82, 2.24) is 0 Å². The molecule has 17 heavy (non-hydrogen) atoms. The molecule has 3 nitrogen and oxygen atoms in total. The minimum Gasteiger partial charge on any atom is -0.478 e. The van der Waals surface area contributed by atoms with Crippen LogP contribution in [0.4, 0.5) is 5.69 Å². The highest BCUT2D eigenvalue weighted by Gasteiger charge is 2.20. The summed E-state index contributed by atoms with van der Waals surface area (Å²) in [5, 5.41) is 12.2. The molecule has 0 saturated heterocycles. The second-order valence-electron chi connectivity index (χ2n) is 5.23. The fraction of sp³-hybridized carbons (Fsp3) is 0.462. The number of aromatic carboxylic acids is 1. The molecule has 0 aliphatic carbocycles. The predicted octanol–water partition coefficient (Wildman–Crippen LogP) is 3.99. The van der Waals surface area contributed by atoms with Gasteiger partial charge in [0.1, 0.15) is 0 Å². The van der Waals surface area contributed by atoms with E-state index in [9.17, 15) is 4.79 Å². The van der Waals surface area contributed by atoms with Crippen molar-refractivity contribution in [2.24, 2.45) is 5.41 Å². The lowest BCUT2D eigenvalue weighted by atomic mass is 9.88. The quantitative estimate of drug-likeness (QED) is 0.887. The number of hydrogen-bond donors (Lipinski definition) is 2. The largest absolute Gasteiger partial charge is 0.478 e. The molecule has 0 aliphatic rings. The maximum Gasteiger partial charge on any atom is 0.335 e. The standard InChI is InChI=1S/C13H18BrNO2/c1-8(13(2,3)4)15-11-6-5-9(12(16)17)7-10(11)14/h5-8,15H,1-4H3,(H,16,17). The van der Waals surface area contributed by atoms with Gasteiger partial charge in [-0.3, -0.25) is 0 Å². The van der Waals surface area contributed by atoms with Gasteiger partial charge in [0.05, 0.1) is 5.56 Å². The fourth-order valence-corrected chi connectivity index (χ4v) is 1.71. The Morgan fingerprint density at radius 2 is 2.00 bits per heavy atom. The van der Waals surface area contributed by atoms with Crippen LogP contribution in [0.5, 0.6) is 0 Å². The molecule has 1 unspecified atom stereocenters. The van der Waals surface area contributed by atoms with Crippen molar-refractivity contribution < 1.29 is 9.90 Å². The van der Waals surface area contributed by atoms with Crippen LogP contribution >= 0.6 is 15.9 Å². The summed E-state index contributed by atoms with van der Waals surface area (Å²) in [6.45, 7) is 8.58. The molecule has 0 heterocycles. The minimum atomic E-state index is -0.916. The van der Waals surface area contributed by atoms with E-state index in [1.807, 2.05) is 0 Å². The second-order valence-corrected chi connectivity index (χ2v) is 6.09. The molecular weight excluding hydrogens is 282 g/mol. The van der Waals surface area contributed by atoms with Crippen molar-refractivity contribution in [2.45, 2.75) is 33.7 Å². The van der Waals surface area contributed by atoms with Gasteiger partial charge >= 0.3 is 5.97 Å². The van der Waals surface area contributed by atoms with Crippen LogP contribution in [-0.2, 0) is 0 Å². The van der Waals surface area contributed by atoms with Crippen molar-refractivity contribution in [3.8, 4) is 0 Å². The molecule has 0 spiro atoms. The second kappa shape index (κ2) is 5.08. The lowest BCUT2D eigenvalue weighted by Gasteiger charge is -2.29. The number of anilines is 1. The zero-order valence-corrected chi connectivity index (χ0v) is 12.1. The van der Waals surface area contributed by atoms with Gasteiger partial charge in [-0.15, -0.1) is 0 Å². The summed E-state index contributed by atoms with van der Waals surface area (Å²) in [6, 6.07) is 5.29. The van der Waals surface area contributed by atoms with Gasteiger partial charge in [-0.2, -0.15) is 0 Å². The molecule has 0 aliphatic heterocycles. The smallest absolute Gasteiger partial charge is 0.335 e. The molecule has 4 heteroatoms. The van der Waals surface area contributed by atoms with Crippen molar-refractivity contribution in [2.75, 3.05) is 5.32 Å². The number of hydrogen-bond acceptors (Lipinski definition) is 2. The Bertz CT molecular complexity index is 424. The monoisotopic (exact) mass is 299 g/mol. The first kappa shape index (κ1) is 14.0. The molecule has 1 atom stereocenters. The summed E-state index contributed by atoms with van der Waals surface area (Å²) in [5.41, 5.74) is 1.34. The van der Waals surface area contributed by atoms with Crippen molar-refractivity contribution in [3.63, 3.8) is 0 Å². The van der Waals surface area contributed by atoms with E-state index in [4.69, 9.17) is 5.11 Å². The van der Waals surface area contributed by atoms with Crippen LogP contribution in [0.25, 0.3) is 0 Å². The average molecular weight is 300 g/mol. The van der Waals surface area contributed by atoms with E-state index in [0.717, 1.165) is 10.2 Å². The highest BCUT2D eigenvalue weighted by Crippen LogP contribution is 2.28. The number of nitrogens with one attached hydrogen (secondary N) is 1. The molecular formula is C13H18BrNO2. The van der Waals surface area contributed by atoms with Crippen LogP contribution in [-0.4, -0.2) is 17.1 Å². The van der Waals surface area contributed by atoms with E-state index in [0.29, 0.717) is 0 Å². The Morgan fingerprint density at radius 3 is 2.41 bits per heavy atom. The van der Waals surface area contributed by atoms with Gasteiger partial charge < -0.3 is 10.4 Å². The lowest BCUT2D eigenvalue weighted by Crippen LogP contribution is -2.30. The predicted molar refractivity (Wildman–Crippen MR) is 73.6 cm³/mol. The fourth-order valence-electron chi connectivity index (χ4n) is 1.21. The Labute approximate surface area is 110 Å². The molecule has 2 N–H and O–H groups in total. The Hall–Kier alpha value is -1.03. The molecule has 0 amide bonds. The number of carboxylic acids is 1. The molecule has 1 aromatic rings. The van der Waals surface area contributed by atoms with Crippen molar-refractivity contribution in [1.29, 1.82) is 0 Å². The molecule has 1 aromatic carbocycles. The number of benzene rings is 1. The van der Waals surface area contributed by atoms with Gasteiger partial charge in [0.15, 0.2) is 0 Å². The van der Waals surface area contributed by atoms with E-state index < -0.39 is 5.97 Å². The lowest BCUT2D eigenvalue weighted by molar-refractivity contribution is 0.0697. The minimum absolute atomic E-state index is 0.144. The van der Waals surface area contributed by atoms with Crippen LogP contribution in [0.3, 0.4) is 0 Å². The van der Waals surface area contributed by atoms with Crippen molar-refractivity contribution >= 4 is 27.6 Å². The summed E-state index contributed by atoms with van der Waals surface area (Å²) in [5.74, 6) is -0.916. The molecule has 1 rings (SSSR count). The molecule has 0 fully saturated rings. The number of halogens is 1. The normalized spacial score (nSPS) is 13.2. The number of carbonyl (C=O) groups is 1. The first-order chi connectivity index (χ1) is 7.71. The maximum atomic E-state index is 10.8. The summed E-state index contributed by atoms with van der Waals surface area (Å²) in [4.78, 5) is 10.8. The van der Waals surface area contributed by atoms with Gasteiger partial charge in [-0.1, -0.05) is 20.8 Å². The Balaban J connectivity index is 2.90. The van der Waals surface area contributed by atoms with Crippen LogP contribution in [0.2, 0.25) is 0 Å². The van der Waals surface area contributed by atoms with E-state index in [1.165, 1.54) is 0 Å². The van der Waals surface area contributed by atoms with Gasteiger partial charge in [0, 0.05) is 16.2 Å². The number of rotatable bonds is 3. The summed E-state index contributed by atoms with van der Waals surface area (Å²) < 4.78 is 0.772. The van der Waals surface area contributed by atoms with Crippen molar-refractivity contribution in [3.05, 3.63) is 28.2 Å². The topological polar surface area (TPSA) is 49.3 Å². The third kappa shape index (κ3) is 3.73. The average Bonchev–Trinajstić information content (AvgIpc) is 2.19. The molecule has 0 radical (unpaired) electrons. The third-order valence-electron chi connectivity index (χ3n) is 2.89. The zero-order valence-electron chi connectivity index (χ0n) is 10.5. The Kier molecular flexibility index (Phi) is 4.20. The molecule has 94 valence electrons. The van der Waals surface area contributed by atoms with E-state index in [1.54, 1.807) is 18.2 Å². The van der Waals surface area contributed by atoms with Crippen LogP contribution < -0.4 is 5.32 Å².